The molecule has 0 aliphatic heterocycles. The Morgan fingerprint density at radius 1 is 1.30 bits per heavy atom. The molecule has 0 fully saturated rings. The van der Waals surface area contributed by atoms with E-state index in [0.717, 1.165) is 0 Å². The number of rotatable bonds is 6. The fourth-order valence-electron chi connectivity index (χ4n) is 3.04. The second-order valence-corrected chi connectivity index (χ2v) is 8.02. The minimum Gasteiger partial charge on any atom is -0.292 e. The van der Waals surface area contributed by atoms with Crippen LogP contribution in [0, 0.1) is 6.92 Å². The summed E-state index contributed by atoms with van der Waals surface area (Å²) in [5, 5.41) is 0. The second kappa shape index (κ2) is 7.28. The van der Waals surface area contributed by atoms with Crippen molar-refractivity contribution >= 4 is 39.2 Å². The number of aryl methyl sites for hydroxylation is 2. The van der Waals surface area contributed by atoms with Gasteiger partial charge in [0.1, 0.15) is 16.8 Å². The van der Waals surface area contributed by atoms with Gasteiger partial charge in [-0.15, -0.1) is 12.4 Å². The van der Waals surface area contributed by atoms with Crippen molar-refractivity contribution in [2.45, 2.75) is 39.0 Å². The molecule has 3 aromatic heterocycles. The van der Waals surface area contributed by atoms with Crippen molar-refractivity contribution in [3.05, 3.63) is 34.2 Å². The SMILES string of the molecule is Cc1nc2cccc3n(CCC(C)NS(=O)(=O)CC(F)(F)F)c(=O)c1n23.Cl. The van der Waals surface area contributed by atoms with Crippen molar-refractivity contribution in [3.63, 3.8) is 0 Å². The highest BCUT2D eigenvalue weighted by atomic mass is 35.5. The normalized spacial score (nSPS) is 14.0. The number of sulfonamides is 1. The zero-order chi connectivity index (χ0) is 19.3. The van der Waals surface area contributed by atoms with Crippen LogP contribution in [0.2, 0.25) is 0 Å². The highest BCUT2D eigenvalue weighted by Gasteiger charge is 2.35. The molecule has 0 saturated carbocycles. The van der Waals surface area contributed by atoms with Crippen LogP contribution in [0.4, 0.5) is 13.2 Å². The van der Waals surface area contributed by atoms with Crippen LogP contribution in [-0.4, -0.2) is 40.3 Å². The molecule has 1 unspecified atom stereocenters. The first-order valence-electron chi connectivity index (χ1n) is 7.85. The summed E-state index contributed by atoms with van der Waals surface area (Å²) in [4.78, 5) is 16.9. The Bertz CT molecular complexity index is 1110. The molecule has 1 N–H and O–H groups in total. The molecule has 12 heteroatoms. The van der Waals surface area contributed by atoms with Gasteiger partial charge >= 0.3 is 6.18 Å². The summed E-state index contributed by atoms with van der Waals surface area (Å²) in [6, 6.07) is 4.50. The van der Waals surface area contributed by atoms with E-state index < -0.39 is 28.0 Å². The minimum absolute atomic E-state index is 0. The Hall–Kier alpha value is -1.85. The molecule has 0 aliphatic rings. The molecule has 7 nitrogen and oxygen atoms in total. The van der Waals surface area contributed by atoms with Crippen molar-refractivity contribution in [2.24, 2.45) is 0 Å². The molecule has 0 bridgehead atoms. The summed E-state index contributed by atoms with van der Waals surface area (Å²) < 4.78 is 65.1. The van der Waals surface area contributed by atoms with Gasteiger partial charge in [-0.05, 0) is 32.4 Å². The van der Waals surface area contributed by atoms with Gasteiger partial charge in [0.25, 0.3) is 5.56 Å². The summed E-state index contributed by atoms with van der Waals surface area (Å²) in [6.45, 7) is 3.35. The summed E-state index contributed by atoms with van der Waals surface area (Å²) in [7, 11) is -4.48. The molecule has 150 valence electrons. The van der Waals surface area contributed by atoms with E-state index in [4.69, 9.17) is 0 Å². The van der Waals surface area contributed by atoms with Gasteiger partial charge < -0.3 is 0 Å². The third kappa shape index (κ3) is 4.36. The molecule has 0 saturated heterocycles. The van der Waals surface area contributed by atoms with Gasteiger partial charge in [-0.2, -0.15) is 13.2 Å². The highest BCUT2D eigenvalue weighted by molar-refractivity contribution is 7.89. The molecular formula is C15H18ClF3N4O3S. The molecule has 0 aliphatic carbocycles. The maximum atomic E-state index is 12.6. The number of alkyl halides is 3. The second-order valence-electron chi connectivity index (χ2n) is 6.26. The van der Waals surface area contributed by atoms with Crippen LogP contribution >= 0.6 is 12.4 Å². The van der Waals surface area contributed by atoms with Crippen molar-refractivity contribution < 1.29 is 21.6 Å². The quantitative estimate of drug-likeness (QED) is 0.654. The summed E-state index contributed by atoms with van der Waals surface area (Å²) in [6.07, 6.45) is -4.64. The number of imidazole rings is 2. The fraction of sp³-hybridized carbons (Fsp3) is 0.467. The Morgan fingerprint density at radius 2 is 1.96 bits per heavy atom. The number of nitrogens with zero attached hydrogens (tertiary/aromatic N) is 3. The predicted octanol–water partition coefficient (Wildman–Crippen LogP) is 2.08. The highest BCUT2D eigenvalue weighted by Crippen LogP contribution is 2.19. The van der Waals surface area contributed by atoms with Gasteiger partial charge in [-0.25, -0.2) is 18.1 Å². The lowest BCUT2D eigenvalue weighted by atomic mass is 10.2. The number of nitrogens with one attached hydrogen (secondary N) is 1. The zero-order valence-electron chi connectivity index (χ0n) is 14.4. The van der Waals surface area contributed by atoms with Crippen LogP contribution in [0.1, 0.15) is 19.0 Å². The number of hydrogen-bond donors (Lipinski definition) is 1. The largest absolute Gasteiger partial charge is 0.404 e. The third-order valence-electron chi connectivity index (χ3n) is 4.04. The predicted molar refractivity (Wildman–Crippen MR) is 97.2 cm³/mol. The molecule has 3 aromatic rings. The van der Waals surface area contributed by atoms with Crippen molar-refractivity contribution in [1.29, 1.82) is 0 Å². The molecule has 27 heavy (non-hydrogen) atoms. The van der Waals surface area contributed by atoms with E-state index in [0.29, 0.717) is 22.5 Å². The number of pyridine rings is 1. The monoisotopic (exact) mass is 426 g/mol. The van der Waals surface area contributed by atoms with E-state index in [1.165, 1.54) is 11.5 Å². The molecule has 0 aromatic carbocycles. The smallest absolute Gasteiger partial charge is 0.292 e. The van der Waals surface area contributed by atoms with Gasteiger partial charge in [0, 0.05) is 12.6 Å². The molecule has 0 radical (unpaired) electrons. The minimum atomic E-state index is -4.81. The van der Waals surface area contributed by atoms with Crippen molar-refractivity contribution in [2.75, 3.05) is 5.75 Å². The average Bonchev–Trinajstić information content (AvgIpc) is 2.94. The molecule has 0 spiro atoms. The number of halogens is 4. The standard InChI is InChI=1S/C15H17F3N4O3S.ClH/c1-9(20-26(24,25)8-15(16,17)18)6-7-21-12-5-3-4-11-19-10(2)13(14(21)23)22(11)12;/h3-5,9,20H,6-8H2,1-2H3;1H. The zero-order valence-corrected chi connectivity index (χ0v) is 16.1. The first-order valence-corrected chi connectivity index (χ1v) is 9.50. The van der Waals surface area contributed by atoms with Crippen LogP contribution in [-0.2, 0) is 16.6 Å². The third-order valence-corrected chi connectivity index (χ3v) is 5.51. The Labute approximate surface area is 159 Å². The van der Waals surface area contributed by atoms with Crippen LogP contribution in [0.3, 0.4) is 0 Å². The summed E-state index contributed by atoms with van der Waals surface area (Å²) in [5.74, 6) is -1.93. The van der Waals surface area contributed by atoms with Gasteiger partial charge in [0.15, 0.2) is 5.75 Å². The molecular weight excluding hydrogens is 409 g/mol. The van der Waals surface area contributed by atoms with Crippen LogP contribution in [0.25, 0.3) is 16.8 Å². The van der Waals surface area contributed by atoms with Gasteiger partial charge in [0.05, 0.1) is 5.69 Å². The Morgan fingerprint density at radius 3 is 2.59 bits per heavy atom. The Balaban J connectivity index is 0.00000261. The van der Waals surface area contributed by atoms with Crippen molar-refractivity contribution in [1.82, 2.24) is 18.7 Å². The summed E-state index contributed by atoms with van der Waals surface area (Å²) in [5.41, 5.74) is 2.00. The first-order chi connectivity index (χ1) is 12.0. The first kappa shape index (κ1) is 21.5. The average molecular weight is 427 g/mol. The van der Waals surface area contributed by atoms with Gasteiger partial charge in [0.2, 0.25) is 10.0 Å². The van der Waals surface area contributed by atoms with E-state index >= 15 is 0 Å². The maximum absolute atomic E-state index is 12.6. The molecule has 0 amide bonds. The topological polar surface area (TPSA) is 85.5 Å². The summed E-state index contributed by atoms with van der Waals surface area (Å²) >= 11 is 0. The molecule has 3 rings (SSSR count). The van der Waals surface area contributed by atoms with Crippen LogP contribution in [0.15, 0.2) is 23.0 Å². The van der Waals surface area contributed by atoms with E-state index in [1.807, 2.05) is 4.72 Å². The van der Waals surface area contributed by atoms with E-state index in [2.05, 4.69) is 4.98 Å². The van der Waals surface area contributed by atoms with E-state index in [1.54, 1.807) is 29.5 Å². The lowest BCUT2D eigenvalue weighted by Gasteiger charge is -2.15. The van der Waals surface area contributed by atoms with E-state index in [-0.39, 0.29) is 30.9 Å². The fourth-order valence-corrected chi connectivity index (χ4v) is 4.29. The lowest BCUT2D eigenvalue weighted by molar-refractivity contribution is -0.106. The van der Waals surface area contributed by atoms with Crippen LogP contribution in [0.5, 0.6) is 0 Å². The number of hydrogen-bond acceptors (Lipinski definition) is 4. The molecule has 3 heterocycles. The van der Waals surface area contributed by atoms with Gasteiger partial charge in [-0.1, -0.05) is 6.07 Å². The van der Waals surface area contributed by atoms with Crippen molar-refractivity contribution in [3.8, 4) is 0 Å². The van der Waals surface area contributed by atoms with Gasteiger partial charge in [-0.3, -0.25) is 13.8 Å². The number of aromatic nitrogens is 3. The lowest BCUT2D eigenvalue weighted by Crippen LogP contribution is -2.39. The Kier molecular flexibility index (Phi) is 5.79. The molecule has 1 atom stereocenters. The van der Waals surface area contributed by atoms with E-state index in [9.17, 15) is 26.4 Å². The maximum Gasteiger partial charge on any atom is 0.404 e. The van der Waals surface area contributed by atoms with Crippen LogP contribution < -0.4 is 10.3 Å².